The maximum absolute atomic E-state index is 11.9. The Bertz CT molecular complexity index is 820. The van der Waals surface area contributed by atoms with E-state index >= 15 is 0 Å². The maximum atomic E-state index is 11.9. The highest BCUT2D eigenvalue weighted by atomic mass is 16.6. The molecule has 0 spiro atoms. The minimum absolute atomic E-state index is 0.0444. The number of aryl methyl sites for hydroxylation is 1. The van der Waals surface area contributed by atoms with E-state index in [9.17, 15) is 19.7 Å². The van der Waals surface area contributed by atoms with Crippen LogP contribution < -0.4 is 10.1 Å². The number of rotatable bonds is 10. The number of amides is 1. The van der Waals surface area contributed by atoms with Gasteiger partial charge < -0.3 is 14.8 Å². The molecule has 0 aromatic heterocycles. The SMILES string of the molecule is CCCCc1ccc(NC(=O)COC(=O)COc2ccccc2[N+](=O)[O-])cc1. The number of hydrogen-bond donors (Lipinski definition) is 1. The van der Waals surface area contributed by atoms with E-state index in [0.29, 0.717) is 5.69 Å². The van der Waals surface area contributed by atoms with Crippen molar-refractivity contribution in [2.45, 2.75) is 26.2 Å². The summed E-state index contributed by atoms with van der Waals surface area (Å²) in [5.74, 6) is -1.33. The number of unbranched alkanes of at least 4 members (excludes halogenated alkanes) is 1. The second-order valence-electron chi connectivity index (χ2n) is 6.02. The quantitative estimate of drug-likeness (QED) is 0.380. The number of carbonyl (C=O) groups is 2. The average molecular weight is 386 g/mol. The molecule has 0 radical (unpaired) electrons. The Hall–Kier alpha value is -3.42. The highest BCUT2D eigenvalue weighted by molar-refractivity contribution is 5.92. The Morgan fingerprint density at radius 1 is 1.07 bits per heavy atom. The van der Waals surface area contributed by atoms with Crippen molar-refractivity contribution in [3.63, 3.8) is 0 Å². The lowest BCUT2D eigenvalue weighted by molar-refractivity contribution is -0.385. The molecule has 0 saturated heterocycles. The lowest BCUT2D eigenvalue weighted by Gasteiger charge is -2.08. The highest BCUT2D eigenvalue weighted by Gasteiger charge is 2.16. The number of nitrogens with one attached hydrogen (secondary N) is 1. The number of nitrogens with zero attached hydrogens (tertiary/aromatic N) is 1. The van der Waals surface area contributed by atoms with E-state index in [1.807, 2.05) is 12.1 Å². The van der Waals surface area contributed by atoms with Crippen LogP contribution in [0, 0.1) is 10.1 Å². The molecule has 0 bridgehead atoms. The monoisotopic (exact) mass is 386 g/mol. The summed E-state index contributed by atoms with van der Waals surface area (Å²) in [6.07, 6.45) is 3.21. The number of ether oxygens (including phenoxy) is 2. The van der Waals surface area contributed by atoms with Crippen molar-refractivity contribution in [2.24, 2.45) is 0 Å². The Balaban J connectivity index is 1.75. The van der Waals surface area contributed by atoms with Gasteiger partial charge in [0.15, 0.2) is 19.0 Å². The van der Waals surface area contributed by atoms with Crippen molar-refractivity contribution >= 4 is 23.3 Å². The molecule has 0 aliphatic rings. The predicted molar refractivity (Wildman–Crippen MR) is 103 cm³/mol. The standard InChI is InChI=1S/C20H22N2O6/c1-2-3-6-15-9-11-16(12-10-15)21-19(23)13-28-20(24)14-27-18-8-5-4-7-17(18)22(25)26/h4-5,7-12H,2-3,6,13-14H2,1H3,(H,21,23). The number of nitro benzene ring substituents is 1. The molecule has 1 N–H and O–H groups in total. The highest BCUT2D eigenvalue weighted by Crippen LogP contribution is 2.25. The molecule has 0 aliphatic heterocycles. The number of para-hydroxylation sites is 2. The van der Waals surface area contributed by atoms with Gasteiger partial charge in [0, 0.05) is 11.8 Å². The number of nitro groups is 1. The topological polar surface area (TPSA) is 108 Å². The molecule has 8 nitrogen and oxygen atoms in total. The van der Waals surface area contributed by atoms with Gasteiger partial charge in [0.2, 0.25) is 0 Å². The Kier molecular flexibility index (Phi) is 7.95. The molecule has 0 aliphatic carbocycles. The van der Waals surface area contributed by atoms with Crippen molar-refractivity contribution in [1.82, 2.24) is 0 Å². The molecule has 2 aromatic carbocycles. The van der Waals surface area contributed by atoms with Crippen LogP contribution in [0.5, 0.6) is 5.75 Å². The van der Waals surface area contributed by atoms with E-state index in [4.69, 9.17) is 9.47 Å². The minimum atomic E-state index is -0.803. The van der Waals surface area contributed by atoms with E-state index in [0.717, 1.165) is 19.3 Å². The average Bonchev–Trinajstić information content (AvgIpc) is 2.70. The van der Waals surface area contributed by atoms with Gasteiger partial charge in [-0.15, -0.1) is 0 Å². The molecule has 148 valence electrons. The second-order valence-corrected chi connectivity index (χ2v) is 6.02. The van der Waals surface area contributed by atoms with Crippen LogP contribution >= 0.6 is 0 Å². The Morgan fingerprint density at radius 2 is 1.79 bits per heavy atom. The third-order valence-electron chi connectivity index (χ3n) is 3.83. The summed E-state index contributed by atoms with van der Waals surface area (Å²) >= 11 is 0. The van der Waals surface area contributed by atoms with Gasteiger partial charge in [-0.2, -0.15) is 0 Å². The molecular weight excluding hydrogens is 364 g/mol. The third-order valence-corrected chi connectivity index (χ3v) is 3.83. The van der Waals surface area contributed by atoms with Crippen LogP contribution in [0.25, 0.3) is 0 Å². The van der Waals surface area contributed by atoms with Gasteiger partial charge in [0.05, 0.1) is 4.92 Å². The van der Waals surface area contributed by atoms with E-state index < -0.39 is 30.0 Å². The lowest BCUT2D eigenvalue weighted by Crippen LogP contribution is -2.23. The van der Waals surface area contributed by atoms with Gasteiger partial charge in [-0.1, -0.05) is 37.6 Å². The van der Waals surface area contributed by atoms with Crippen LogP contribution in [0.1, 0.15) is 25.3 Å². The molecule has 8 heteroatoms. The van der Waals surface area contributed by atoms with Crippen LogP contribution in [0.4, 0.5) is 11.4 Å². The summed E-state index contributed by atoms with van der Waals surface area (Å²) in [6.45, 7) is 1.11. The molecule has 0 fully saturated rings. The van der Waals surface area contributed by atoms with Crippen LogP contribution in [0.15, 0.2) is 48.5 Å². The zero-order chi connectivity index (χ0) is 20.4. The summed E-state index contributed by atoms with van der Waals surface area (Å²) in [5.41, 5.74) is 1.55. The van der Waals surface area contributed by atoms with E-state index in [1.54, 1.807) is 18.2 Å². The van der Waals surface area contributed by atoms with Crippen molar-refractivity contribution < 1.29 is 24.0 Å². The molecule has 0 atom stereocenters. The third kappa shape index (κ3) is 6.71. The van der Waals surface area contributed by atoms with Gasteiger partial charge in [-0.25, -0.2) is 4.79 Å². The van der Waals surface area contributed by atoms with Crippen LogP contribution in [-0.4, -0.2) is 30.0 Å². The molecule has 2 aromatic rings. The fourth-order valence-corrected chi connectivity index (χ4v) is 2.39. The summed E-state index contributed by atoms with van der Waals surface area (Å²) in [7, 11) is 0. The van der Waals surface area contributed by atoms with Crippen molar-refractivity contribution in [3.05, 3.63) is 64.2 Å². The summed E-state index contributed by atoms with van der Waals surface area (Å²) in [5, 5.41) is 13.5. The molecule has 1 amide bonds. The zero-order valence-corrected chi connectivity index (χ0v) is 15.6. The molecule has 0 heterocycles. The van der Waals surface area contributed by atoms with Crippen LogP contribution in [-0.2, 0) is 20.7 Å². The Morgan fingerprint density at radius 3 is 2.46 bits per heavy atom. The predicted octanol–water partition coefficient (Wildman–Crippen LogP) is 3.50. The van der Waals surface area contributed by atoms with Crippen molar-refractivity contribution in [3.8, 4) is 5.75 Å². The van der Waals surface area contributed by atoms with E-state index in [1.165, 1.54) is 23.8 Å². The first kappa shape index (κ1) is 20.9. The lowest BCUT2D eigenvalue weighted by atomic mass is 10.1. The fraction of sp³-hybridized carbons (Fsp3) is 0.300. The number of benzene rings is 2. The number of anilines is 1. The number of esters is 1. The maximum Gasteiger partial charge on any atom is 0.344 e. The molecule has 2 rings (SSSR count). The smallest absolute Gasteiger partial charge is 0.344 e. The first-order chi connectivity index (χ1) is 13.5. The van der Waals surface area contributed by atoms with Gasteiger partial charge in [-0.3, -0.25) is 14.9 Å². The van der Waals surface area contributed by atoms with Gasteiger partial charge in [-0.05, 0) is 36.6 Å². The Labute approximate surface area is 162 Å². The van der Waals surface area contributed by atoms with Crippen molar-refractivity contribution in [1.29, 1.82) is 0 Å². The van der Waals surface area contributed by atoms with E-state index in [-0.39, 0.29) is 11.4 Å². The first-order valence-corrected chi connectivity index (χ1v) is 8.90. The largest absolute Gasteiger partial charge is 0.475 e. The summed E-state index contributed by atoms with van der Waals surface area (Å²) in [6, 6.07) is 13.2. The summed E-state index contributed by atoms with van der Waals surface area (Å²) < 4.78 is 9.94. The van der Waals surface area contributed by atoms with Gasteiger partial charge >= 0.3 is 11.7 Å². The molecule has 0 unspecified atom stereocenters. The fourth-order valence-electron chi connectivity index (χ4n) is 2.39. The minimum Gasteiger partial charge on any atom is -0.475 e. The first-order valence-electron chi connectivity index (χ1n) is 8.90. The molecular formula is C20H22N2O6. The molecule has 0 saturated carbocycles. The number of hydrogen-bond acceptors (Lipinski definition) is 6. The normalized spacial score (nSPS) is 10.2. The van der Waals surface area contributed by atoms with Crippen LogP contribution in [0.2, 0.25) is 0 Å². The van der Waals surface area contributed by atoms with Gasteiger partial charge in [0.25, 0.3) is 5.91 Å². The zero-order valence-electron chi connectivity index (χ0n) is 15.6. The van der Waals surface area contributed by atoms with Crippen LogP contribution in [0.3, 0.4) is 0 Å². The second kappa shape index (κ2) is 10.7. The number of carbonyl (C=O) groups excluding carboxylic acids is 2. The van der Waals surface area contributed by atoms with E-state index in [2.05, 4.69) is 12.2 Å². The molecule has 28 heavy (non-hydrogen) atoms. The van der Waals surface area contributed by atoms with Gasteiger partial charge in [0.1, 0.15) is 0 Å². The van der Waals surface area contributed by atoms with Crippen molar-refractivity contribution in [2.75, 3.05) is 18.5 Å². The summed E-state index contributed by atoms with van der Waals surface area (Å²) in [4.78, 5) is 33.9.